The summed E-state index contributed by atoms with van der Waals surface area (Å²) in [7, 11) is 0. The molecule has 98 heavy (non-hydrogen) atoms. The smallest absolute Gasteiger partial charge is 0.0654 e. The number of rotatable bonds is 68. The molecule has 0 aliphatic carbocycles. The summed E-state index contributed by atoms with van der Waals surface area (Å²) in [5.74, 6) is 7.28. The molecule has 3 heteroatoms. The summed E-state index contributed by atoms with van der Waals surface area (Å²) in [6.07, 6.45) is 89.1. The van der Waals surface area contributed by atoms with E-state index in [1.54, 1.807) is 10.3 Å². The van der Waals surface area contributed by atoms with Gasteiger partial charge in [0.05, 0.1) is 0 Å². The Morgan fingerprint density at radius 2 is 0.510 bits per heavy atom. The Hall–Kier alpha value is -2.43. The van der Waals surface area contributed by atoms with Crippen LogP contribution in [-0.4, -0.2) is 4.70 Å². The van der Waals surface area contributed by atoms with Crippen LogP contribution in [0.15, 0.2) is 35.4 Å². The van der Waals surface area contributed by atoms with Crippen LogP contribution in [0.25, 0.3) is 16.9 Å². The van der Waals surface area contributed by atoms with Gasteiger partial charge in [-0.15, -0.1) is 0 Å². The van der Waals surface area contributed by atoms with Gasteiger partial charge in [-0.05, 0) is 115 Å². The number of unbranched alkanes of at least 4 members (excludes halogenated alkanes) is 48. The number of nitrogens with zero attached hydrogens (tertiary/aromatic N) is 2. The number of hydrogen-bond donors (Lipinski definition) is 0. The third kappa shape index (κ3) is 44.3. The van der Waals surface area contributed by atoms with Crippen molar-refractivity contribution in [2.24, 2.45) is 0 Å². The standard InChI is InChI=1S/C45H66N2.2C25H51.Ni/c1-9-17-19-20-21-29-43-42(28-18-10-2)44(38-30-34(22-11-3)40(26-15-7)35(31-38)23-12-4)47(46)45(43)39-32-36(24-13-5)41(27-16-8)37(33-39)25-14-6;2*1-3-5-7-9-11-13-15-17-19-21-23-25-24-22-20-18-16-14-12-10-8-6-4-2;/h30-33H,9-20,22-28H2,1-8H3;2*1,3-25H2,2H3;. The van der Waals surface area contributed by atoms with E-state index in [0.29, 0.717) is 0 Å². The first-order chi connectivity index (χ1) is 48.3. The minimum absolute atomic E-state index is 0.900. The van der Waals surface area contributed by atoms with Crippen LogP contribution in [0.4, 0.5) is 0 Å². The van der Waals surface area contributed by atoms with Gasteiger partial charge in [0.1, 0.15) is 5.57 Å². The molecule has 0 amide bonds. The summed E-state index contributed by atoms with van der Waals surface area (Å²) >= 11 is 2.05. The van der Waals surface area contributed by atoms with Crippen molar-refractivity contribution in [1.82, 2.24) is 0 Å². The average molecular weight is 1400 g/mol. The third-order valence-electron chi connectivity index (χ3n) is 21.3. The van der Waals surface area contributed by atoms with E-state index >= 15 is 0 Å². The molecule has 0 aromatic heterocycles. The van der Waals surface area contributed by atoms with Crippen molar-refractivity contribution >= 4 is 11.4 Å². The molecule has 3 rings (SSSR count). The first kappa shape index (κ1) is 91.7. The summed E-state index contributed by atoms with van der Waals surface area (Å²) in [5, 5.41) is 2.87. The molecule has 0 spiro atoms. The van der Waals surface area contributed by atoms with Crippen LogP contribution < -0.4 is 0 Å². The topological polar surface area (TPSA) is 25.3 Å². The van der Waals surface area contributed by atoms with Gasteiger partial charge in [-0.25, -0.2) is 4.70 Å². The Morgan fingerprint density at radius 3 is 0.776 bits per heavy atom. The average Bonchev–Trinajstić information content (AvgIpc) is 1.57. The van der Waals surface area contributed by atoms with Crippen LogP contribution in [0.1, 0.15) is 493 Å². The SMILES string of the molecule is CCCCCC#CC1=C(c2cc(CCC)c(CCC)c(CCC)c2)[N+](=[N-])C(c2cc(CCC)c(CCC)c(CCC)c2)=C1CCCC.CCCCCCCCCCCCCCCCCCCCCCCC[CH2][Ni][CH2]CCCCCCCCCCCCCCCCCCCCCCCC. The molecule has 2 nitrogen and oxygen atoms in total. The Labute approximate surface area is 621 Å². The molecule has 0 fully saturated rings. The quantitative estimate of drug-likeness (QED) is 0.0273. The zero-order valence-corrected chi connectivity index (χ0v) is 68.9. The summed E-state index contributed by atoms with van der Waals surface area (Å²) in [6.45, 7) is 22.9. The molecular weight excluding hydrogens is 1230 g/mol. The van der Waals surface area contributed by atoms with E-state index < -0.39 is 0 Å². The molecule has 1 aliphatic heterocycles. The minimum Gasteiger partial charge on any atom is -0.0654 e. The molecule has 2 aromatic rings. The van der Waals surface area contributed by atoms with Gasteiger partial charge in [0.25, 0.3) is 0 Å². The van der Waals surface area contributed by atoms with Crippen LogP contribution >= 0.6 is 0 Å². The zero-order chi connectivity index (χ0) is 70.8. The second-order valence-corrected chi connectivity index (χ2v) is 32.3. The third-order valence-corrected chi connectivity index (χ3v) is 22.7. The predicted molar refractivity (Wildman–Crippen MR) is 439 cm³/mol. The molecule has 1 heterocycles. The molecule has 1 aliphatic rings. The maximum absolute atomic E-state index is 12.5. The molecule has 0 N–H and O–H groups in total. The first-order valence-electron chi connectivity index (χ1n) is 44.6. The number of aryl methyl sites for hydroxylation is 4. The van der Waals surface area contributed by atoms with Crippen molar-refractivity contribution < 1.29 is 19.1 Å². The number of allylic oxidation sites excluding steroid dienone is 2. The normalized spacial score (nSPS) is 12.4. The van der Waals surface area contributed by atoms with E-state index in [1.165, 1.54) is 352 Å². The fraction of sp³-hybridized carbons (Fsp3) is 0.811. The van der Waals surface area contributed by atoms with Crippen LogP contribution in [0.3, 0.4) is 0 Å². The Morgan fingerprint density at radius 1 is 0.265 bits per heavy atom. The van der Waals surface area contributed by atoms with Crippen molar-refractivity contribution in [2.75, 3.05) is 0 Å². The Kier molecular flexibility index (Phi) is 63.3. The molecule has 0 unspecified atom stereocenters. The molecule has 0 bridgehead atoms. The van der Waals surface area contributed by atoms with Crippen LogP contribution in [0.5, 0.6) is 0 Å². The van der Waals surface area contributed by atoms with E-state index in [1.807, 2.05) is 0 Å². The van der Waals surface area contributed by atoms with E-state index in [2.05, 4.69) is 120 Å². The Bertz CT molecular complexity index is 2200. The van der Waals surface area contributed by atoms with Crippen molar-refractivity contribution in [2.45, 2.75) is 497 Å². The van der Waals surface area contributed by atoms with Crippen molar-refractivity contribution in [3.05, 3.63) is 85.5 Å². The maximum atomic E-state index is 12.5. The van der Waals surface area contributed by atoms with Gasteiger partial charge in [0.2, 0.25) is 11.4 Å². The fourth-order valence-electron chi connectivity index (χ4n) is 15.5. The first-order valence-corrected chi connectivity index (χ1v) is 46.0. The van der Waals surface area contributed by atoms with Gasteiger partial charge in [-0.1, -0.05) is 293 Å². The van der Waals surface area contributed by atoms with Gasteiger partial charge in [0.15, 0.2) is 0 Å². The molecular formula is C95H168N2Ni. The van der Waals surface area contributed by atoms with Crippen LogP contribution in [0, 0.1) is 11.8 Å². The molecule has 0 atom stereocenters. The number of benzene rings is 2. The second-order valence-electron chi connectivity index (χ2n) is 30.8. The molecule has 2 aromatic carbocycles. The second kappa shape index (κ2) is 67.7. The van der Waals surface area contributed by atoms with Crippen molar-refractivity contribution in [1.29, 1.82) is 0 Å². The minimum atomic E-state index is 0.900. The predicted octanol–water partition coefficient (Wildman–Crippen LogP) is 33.2. The van der Waals surface area contributed by atoms with Gasteiger partial charge >= 0.3 is 166 Å². The summed E-state index contributed by atoms with van der Waals surface area (Å²) < 4.78 is 1.57. The summed E-state index contributed by atoms with van der Waals surface area (Å²) in [6, 6.07) is 9.65. The van der Waals surface area contributed by atoms with E-state index in [4.69, 9.17) is 0 Å². The zero-order valence-electron chi connectivity index (χ0n) is 67.9. The number of hydrogen-bond acceptors (Lipinski definition) is 0. The molecule has 0 radical (unpaired) electrons. The van der Waals surface area contributed by atoms with E-state index in [-0.39, 0.29) is 0 Å². The van der Waals surface area contributed by atoms with Crippen molar-refractivity contribution in [3.63, 3.8) is 0 Å². The molecule has 0 saturated carbocycles. The van der Waals surface area contributed by atoms with Gasteiger partial charge in [0, 0.05) is 23.1 Å². The Balaban J connectivity index is 0.000000668. The van der Waals surface area contributed by atoms with Gasteiger partial charge in [-0.2, -0.15) is 0 Å². The van der Waals surface area contributed by atoms with Gasteiger partial charge < -0.3 is 5.53 Å². The summed E-state index contributed by atoms with van der Waals surface area (Å²) in [4.78, 5) is 0. The van der Waals surface area contributed by atoms with Crippen LogP contribution in [0.2, 0.25) is 10.8 Å². The monoisotopic (exact) mass is 1400 g/mol. The van der Waals surface area contributed by atoms with E-state index in [9.17, 15) is 5.53 Å². The fourth-order valence-corrected chi connectivity index (χ4v) is 16.7. The van der Waals surface area contributed by atoms with Crippen molar-refractivity contribution in [3.8, 4) is 11.8 Å². The van der Waals surface area contributed by atoms with Gasteiger partial charge in [-0.3, -0.25) is 0 Å². The van der Waals surface area contributed by atoms with Crippen LogP contribution in [-0.2, 0) is 53.0 Å². The molecule has 0 saturated heterocycles. The van der Waals surface area contributed by atoms with E-state index in [0.717, 1.165) is 137 Å². The summed E-state index contributed by atoms with van der Waals surface area (Å²) in [5.41, 5.74) is 27.9. The molecule has 568 valence electrons.